The summed E-state index contributed by atoms with van der Waals surface area (Å²) in [5.74, 6) is 0.484. The first-order chi connectivity index (χ1) is 9.58. The Bertz CT molecular complexity index is 389. The van der Waals surface area contributed by atoms with Crippen LogP contribution in [-0.4, -0.2) is 12.5 Å². The molecule has 1 amide bonds. The predicted molar refractivity (Wildman–Crippen MR) is 84.2 cm³/mol. The highest BCUT2D eigenvalue weighted by Crippen LogP contribution is 2.20. The zero-order chi connectivity index (χ0) is 15.0. The van der Waals surface area contributed by atoms with Crippen LogP contribution in [0, 0.1) is 11.8 Å². The summed E-state index contributed by atoms with van der Waals surface area (Å²) in [6, 6.07) is 10.3. The lowest BCUT2D eigenvalue weighted by Gasteiger charge is -2.23. The van der Waals surface area contributed by atoms with Crippen LogP contribution in [0.5, 0.6) is 0 Å². The minimum Gasteiger partial charge on any atom is -0.349 e. The standard InChI is InChI=1S/C17H28N2O/c1-4-8-16(14-9-6-5-7-10-14)19-17(20)15(12-18)11-13(2)3/h5-7,9-10,13,15-16H,4,8,11-12,18H2,1-3H3,(H,19,20). The Morgan fingerprint density at radius 1 is 1.25 bits per heavy atom. The maximum absolute atomic E-state index is 12.4. The molecule has 0 heterocycles. The third-order valence-electron chi connectivity index (χ3n) is 3.51. The van der Waals surface area contributed by atoms with Gasteiger partial charge in [0.15, 0.2) is 0 Å². The average Bonchev–Trinajstić information content (AvgIpc) is 2.44. The van der Waals surface area contributed by atoms with E-state index in [0.717, 1.165) is 19.3 Å². The monoisotopic (exact) mass is 276 g/mol. The van der Waals surface area contributed by atoms with Crippen LogP contribution in [0.1, 0.15) is 51.6 Å². The van der Waals surface area contributed by atoms with Crippen molar-refractivity contribution in [1.82, 2.24) is 5.32 Å². The second-order valence-electron chi connectivity index (χ2n) is 5.82. The molecule has 0 radical (unpaired) electrons. The van der Waals surface area contributed by atoms with E-state index < -0.39 is 0 Å². The molecule has 2 atom stereocenters. The first-order valence-electron chi connectivity index (χ1n) is 7.63. The molecule has 0 saturated heterocycles. The average molecular weight is 276 g/mol. The number of benzene rings is 1. The van der Waals surface area contributed by atoms with Crippen LogP contribution < -0.4 is 11.1 Å². The van der Waals surface area contributed by atoms with Crippen molar-refractivity contribution in [2.24, 2.45) is 17.6 Å². The summed E-state index contributed by atoms with van der Waals surface area (Å²) in [6.07, 6.45) is 2.84. The van der Waals surface area contributed by atoms with Gasteiger partial charge in [-0.2, -0.15) is 0 Å². The third kappa shape index (κ3) is 5.33. The molecule has 112 valence electrons. The molecular formula is C17H28N2O. The van der Waals surface area contributed by atoms with Crippen LogP contribution in [-0.2, 0) is 4.79 Å². The van der Waals surface area contributed by atoms with Crippen molar-refractivity contribution < 1.29 is 4.79 Å². The van der Waals surface area contributed by atoms with Gasteiger partial charge < -0.3 is 11.1 Å². The van der Waals surface area contributed by atoms with E-state index in [-0.39, 0.29) is 17.9 Å². The number of carbonyl (C=O) groups excluding carboxylic acids is 1. The molecular weight excluding hydrogens is 248 g/mol. The van der Waals surface area contributed by atoms with E-state index in [1.54, 1.807) is 0 Å². The maximum atomic E-state index is 12.4. The van der Waals surface area contributed by atoms with Gasteiger partial charge in [-0.05, 0) is 24.3 Å². The summed E-state index contributed by atoms with van der Waals surface area (Å²) in [7, 11) is 0. The topological polar surface area (TPSA) is 55.1 Å². The van der Waals surface area contributed by atoms with Crippen LogP contribution in [0.25, 0.3) is 0 Å². The van der Waals surface area contributed by atoms with Gasteiger partial charge in [0.1, 0.15) is 0 Å². The van der Waals surface area contributed by atoms with Gasteiger partial charge in [-0.25, -0.2) is 0 Å². The summed E-state index contributed by atoms with van der Waals surface area (Å²) in [5.41, 5.74) is 6.92. The quantitative estimate of drug-likeness (QED) is 0.765. The highest BCUT2D eigenvalue weighted by atomic mass is 16.1. The van der Waals surface area contributed by atoms with E-state index in [9.17, 15) is 4.79 Å². The van der Waals surface area contributed by atoms with Crippen molar-refractivity contribution in [2.45, 2.75) is 46.1 Å². The van der Waals surface area contributed by atoms with E-state index in [1.165, 1.54) is 5.56 Å². The molecule has 0 spiro atoms. The van der Waals surface area contributed by atoms with Crippen LogP contribution in [0.3, 0.4) is 0 Å². The van der Waals surface area contributed by atoms with Crippen molar-refractivity contribution in [3.05, 3.63) is 35.9 Å². The number of nitrogens with one attached hydrogen (secondary N) is 1. The van der Waals surface area contributed by atoms with Crippen molar-refractivity contribution in [3.8, 4) is 0 Å². The number of hydrogen-bond acceptors (Lipinski definition) is 2. The summed E-state index contributed by atoms with van der Waals surface area (Å²) in [5, 5.41) is 3.17. The van der Waals surface area contributed by atoms with E-state index in [2.05, 4.69) is 38.2 Å². The van der Waals surface area contributed by atoms with Gasteiger partial charge in [0.2, 0.25) is 5.91 Å². The Morgan fingerprint density at radius 3 is 2.40 bits per heavy atom. The largest absolute Gasteiger partial charge is 0.349 e. The highest BCUT2D eigenvalue weighted by Gasteiger charge is 2.21. The molecule has 0 saturated carbocycles. The number of rotatable bonds is 8. The van der Waals surface area contributed by atoms with Gasteiger partial charge in [0.05, 0.1) is 12.0 Å². The van der Waals surface area contributed by atoms with Gasteiger partial charge in [0, 0.05) is 6.54 Å². The molecule has 2 unspecified atom stereocenters. The zero-order valence-corrected chi connectivity index (χ0v) is 12.9. The summed E-state index contributed by atoms with van der Waals surface area (Å²) >= 11 is 0. The van der Waals surface area contributed by atoms with Gasteiger partial charge in [-0.3, -0.25) is 4.79 Å². The lowest BCUT2D eigenvalue weighted by molar-refractivity contribution is -0.126. The Morgan fingerprint density at radius 2 is 1.90 bits per heavy atom. The molecule has 3 nitrogen and oxygen atoms in total. The smallest absolute Gasteiger partial charge is 0.224 e. The number of carbonyl (C=O) groups is 1. The van der Waals surface area contributed by atoms with E-state index in [1.807, 2.05) is 18.2 Å². The number of amides is 1. The SMILES string of the molecule is CCCC(NC(=O)C(CN)CC(C)C)c1ccccc1. The Hall–Kier alpha value is -1.35. The zero-order valence-electron chi connectivity index (χ0n) is 12.9. The van der Waals surface area contributed by atoms with E-state index in [0.29, 0.717) is 12.5 Å². The molecule has 0 aliphatic rings. The lowest BCUT2D eigenvalue weighted by Crippen LogP contribution is -2.38. The lowest BCUT2D eigenvalue weighted by atomic mass is 9.95. The minimum atomic E-state index is -0.0851. The normalized spacial score (nSPS) is 14.1. The fourth-order valence-corrected chi connectivity index (χ4v) is 2.47. The first-order valence-corrected chi connectivity index (χ1v) is 7.63. The summed E-state index contributed by atoms with van der Waals surface area (Å²) < 4.78 is 0. The molecule has 1 aromatic rings. The van der Waals surface area contributed by atoms with Gasteiger partial charge >= 0.3 is 0 Å². The predicted octanol–water partition coefficient (Wildman–Crippen LogP) is 3.27. The van der Waals surface area contributed by atoms with Gasteiger partial charge in [0.25, 0.3) is 0 Å². The summed E-state index contributed by atoms with van der Waals surface area (Å²) in [4.78, 5) is 12.4. The van der Waals surface area contributed by atoms with Crippen molar-refractivity contribution in [1.29, 1.82) is 0 Å². The van der Waals surface area contributed by atoms with Crippen molar-refractivity contribution >= 4 is 5.91 Å². The number of hydrogen-bond donors (Lipinski definition) is 2. The molecule has 3 heteroatoms. The van der Waals surface area contributed by atoms with Crippen LogP contribution in [0.4, 0.5) is 0 Å². The molecule has 20 heavy (non-hydrogen) atoms. The molecule has 1 rings (SSSR count). The molecule has 0 fully saturated rings. The Labute approximate surface area is 122 Å². The maximum Gasteiger partial charge on any atom is 0.224 e. The second-order valence-corrected chi connectivity index (χ2v) is 5.82. The van der Waals surface area contributed by atoms with E-state index in [4.69, 9.17) is 5.73 Å². The second kappa shape index (κ2) is 8.75. The fraction of sp³-hybridized carbons (Fsp3) is 0.588. The summed E-state index contributed by atoms with van der Waals surface area (Å²) in [6.45, 7) is 6.79. The Kier molecular flexibility index (Phi) is 7.31. The molecule has 0 bridgehead atoms. The molecule has 1 aromatic carbocycles. The first kappa shape index (κ1) is 16.7. The van der Waals surface area contributed by atoms with Crippen LogP contribution in [0.2, 0.25) is 0 Å². The van der Waals surface area contributed by atoms with Crippen molar-refractivity contribution in [2.75, 3.05) is 6.54 Å². The third-order valence-corrected chi connectivity index (χ3v) is 3.51. The minimum absolute atomic E-state index is 0.0851. The molecule has 0 aliphatic carbocycles. The fourth-order valence-electron chi connectivity index (χ4n) is 2.47. The van der Waals surface area contributed by atoms with Gasteiger partial charge in [-0.1, -0.05) is 57.5 Å². The van der Waals surface area contributed by atoms with Crippen LogP contribution >= 0.6 is 0 Å². The Balaban J connectivity index is 2.72. The molecule has 3 N–H and O–H groups in total. The molecule has 0 aromatic heterocycles. The van der Waals surface area contributed by atoms with Crippen LogP contribution in [0.15, 0.2) is 30.3 Å². The van der Waals surface area contributed by atoms with Gasteiger partial charge in [-0.15, -0.1) is 0 Å². The number of nitrogens with two attached hydrogens (primary N) is 1. The van der Waals surface area contributed by atoms with E-state index >= 15 is 0 Å². The molecule has 0 aliphatic heterocycles. The van der Waals surface area contributed by atoms with Crippen molar-refractivity contribution in [3.63, 3.8) is 0 Å². The highest BCUT2D eigenvalue weighted by molar-refractivity contribution is 5.79.